The molecule has 10 aliphatic rings. The number of aliphatic carboxylic acids is 1. The molecule has 0 aliphatic carbocycles. The number of carbonyl (C=O) groups excluding carboxylic acids is 6. The van der Waals surface area contributed by atoms with Gasteiger partial charge in [0.1, 0.15) is 232 Å². The number of aliphatic hydroxyl groups excluding tert-OH is 26. The maximum Gasteiger partial charge on any atom is 0.364 e. The van der Waals surface area contributed by atoms with E-state index in [1.54, 1.807) is 0 Å². The van der Waals surface area contributed by atoms with Crippen LogP contribution in [0.2, 0.25) is 0 Å². The van der Waals surface area contributed by atoms with E-state index in [0.717, 1.165) is 41.5 Å². The Labute approximate surface area is 759 Å². The lowest BCUT2D eigenvalue weighted by molar-refractivity contribution is -0.402. The predicted octanol–water partition coefficient (Wildman–Crippen LogP) is -21.7. The largest absolute Gasteiger partial charge is 0.477 e. The van der Waals surface area contributed by atoms with Gasteiger partial charge in [0.15, 0.2) is 56.6 Å². The Morgan fingerprint density at radius 1 is 0.321 bits per heavy atom. The van der Waals surface area contributed by atoms with Crippen LogP contribution in [0, 0.1) is 0 Å². The van der Waals surface area contributed by atoms with E-state index in [0.29, 0.717) is 0 Å². The number of hydrogen-bond acceptors (Lipinski definition) is 52. The third-order valence-electron chi connectivity index (χ3n) is 24.2. The molecular formula is C75H124N6O53. The maximum absolute atomic E-state index is 13.5. The second kappa shape index (κ2) is 47.8. The molecule has 0 spiro atoms. The third-order valence-corrected chi connectivity index (χ3v) is 24.2. The smallest absolute Gasteiger partial charge is 0.364 e. The summed E-state index contributed by atoms with van der Waals surface area (Å²) in [5.74, 6) is -11.0. The minimum Gasteiger partial charge on any atom is -0.477 e. The van der Waals surface area contributed by atoms with Crippen LogP contribution in [0.4, 0.5) is 0 Å². The molecule has 0 aromatic carbocycles. The molecule has 0 radical (unpaired) electrons. The second-order valence-corrected chi connectivity index (χ2v) is 33.9. The van der Waals surface area contributed by atoms with Crippen molar-refractivity contribution >= 4 is 41.4 Å². The summed E-state index contributed by atoms with van der Waals surface area (Å²) in [6.45, 7) is -3.85. The average Bonchev–Trinajstić information content (AvgIpc) is 0.759. The van der Waals surface area contributed by atoms with E-state index in [9.17, 15) is 171 Å². The minimum absolute atomic E-state index is 0.857. The lowest BCUT2D eigenvalue weighted by Gasteiger charge is -2.52. The summed E-state index contributed by atoms with van der Waals surface area (Å²) in [5.41, 5.74) is 0. The van der Waals surface area contributed by atoms with Crippen molar-refractivity contribution < 1.29 is 261 Å². The van der Waals surface area contributed by atoms with E-state index in [-0.39, 0.29) is 0 Å². The number of hydrogen-bond donors (Lipinski definition) is 33. The fourth-order valence-corrected chi connectivity index (χ4v) is 17.3. The molecule has 10 aliphatic heterocycles. The van der Waals surface area contributed by atoms with Crippen LogP contribution in [0.15, 0.2) is 0 Å². The third kappa shape index (κ3) is 24.8. The van der Waals surface area contributed by atoms with Crippen LogP contribution < -0.4 is 31.9 Å². The van der Waals surface area contributed by atoms with Gasteiger partial charge in [-0.3, -0.25) is 28.8 Å². The van der Waals surface area contributed by atoms with Crippen LogP contribution in [-0.2, 0) is 124 Å². The summed E-state index contributed by atoms with van der Waals surface area (Å²) in [7, 11) is 0. The van der Waals surface area contributed by atoms with E-state index in [2.05, 4.69) is 31.9 Å². The fraction of sp³-hybridized carbons (Fsp3) is 0.907. The topological polar surface area (TPSA) is 913 Å². The molecule has 10 saturated heterocycles. The van der Waals surface area contributed by atoms with Crippen LogP contribution in [0.3, 0.4) is 0 Å². The van der Waals surface area contributed by atoms with Gasteiger partial charge in [0.05, 0.1) is 77.7 Å². The zero-order chi connectivity index (χ0) is 99.2. The van der Waals surface area contributed by atoms with Gasteiger partial charge < -0.3 is 260 Å². The molecule has 59 nitrogen and oxygen atoms in total. The molecule has 10 rings (SSSR count). The highest BCUT2D eigenvalue weighted by molar-refractivity contribution is 5.77. The van der Waals surface area contributed by atoms with E-state index in [1.165, 1.54) is 6.92 Å². The van der Waals surface area contributed by atoms with Crippen LogP contribution in [0.5, 0.6) is 0 Å². The molecule has 772 valence electrons. The van der Waals surface area contributed by atoms with Crippen molar-refractivity contribution in [2.45, 2.75) is 367 Å². The number of aliphatic hydroxyl groups is 26. The first-order valence-electron chi connectivity index (χ1n) is 42.6. The van der Waals surface area contributed by atoms with Crippen LogP contribution >= 0.6 is 0 Å². The lowest BCUT2D eigenvalue weighted by atomic mass is 9.88. The molecule has 10 fully saturated rings. The summed E-state index contributed by atoms with van der Waals surface area (Å²) < 4.78 is 114. The molecule has 0 aromatic rings. The molecular weight excluding hydrogens is 1830 g/mol. The Balaban J connectivity index is 0.984. The van der Waals surface area contributed by atoms with E-state index in [1.807, 2.05) is 0 Å². The van der Waals surface area contributed by atoms with Crippen LogP contribution in [0.25, 0.3) is 0 Å². The Hall–Kier alpha value is -5.51. The van der Waals surface area contributed by atoms with Crippen molar-refractivity contribution in [1.82, 2.24) is 31.9 Å². The molecule has 0 saturated carbocycles. The number of amides is 6. The van der Waals surface area contributed by atoms with Gasteiger partial charge in [-0.05, 0) is 6.92 Å². The monoisotopic (exact) mass is 1960 g/mol. The quantitative estimate of drug-likeness (QED) is 0.0277. The molecule has 134 heavy (non-hydrogen) atoms. The number of carbonyl (C=O) groups is 7. The van der Waals surface area contributed by atoms with Crippen LogP contribution in [-0.4, -0.2) is 551 Å². The predicted molar refractivity (Wildman–Crippen MR) is 415 cm³/mol. The van der Waals surface area contributed by atoms with Crippen molar-refractivity contribution in [3.05, 3.63) is 0 Å². The Kier molecular flexibility index (Phi) is 39.4. The van der Waals surface area contributed by atoms with Gasteiger partial charge in [-0.1, -0.05) is 0 Å². The van der Waals surface area contributed by atoms with Crippen molar-refractivity contribution in [2.24, 2.45) is 0 Å². The highest BCUT2D eigenvalue weighted by Crippen LogP contribution is 2.42. The number of rotatable bonds is 36. The van der Waals surface area contributed by atoms with Crippen molar-refractivity contribution in [1.29, 1.82) is 0 Å². The van der Waals surface area contributed by atoms with Crippen molar-refractivity contribution in [2.75, 3.05) is 59.5 Å². The van der Waals surface area contributed by atoms with Gasteiger partial charge in [0, 0.05) is 48.0 Å². The van der Waals surface area contributed by atoms with Crippen LogP contribution in [0.1, 0.15) is 54.9 Å². The summed E-state index contributed by atoms with van der Waals surface area (Å²) in [5, 5.41) is 318. The summed E-state index contributed by atoms with van der Waals surface area (Å²) in [6.07, 6.45) is -95.1. The molecule has 59 heteroatoms. The highest BCUT2D eigenvalue weighted by atomic mass is 16.8. The average molecular weight is 1960 g/mol. The Morgan fingerprint density at radius 3 is 1.13 bits per heavy atom. The molecule has 6 amide bonds. The first kappa shape index (κ1) is 110. The van der Waals surface area contributed by atoms with Crippen molar-refractivity contribution in [3.63, 3.8) is 0 Å². The molecule has 33 N–H and O–H groups in total. The van der Waals surface area contributed by atoms with Gasteiger partial charge in [-0.2, -0.15) is 0 Å². The molecule has 0 aromatic heterocycles. The lowest BCUT2D eigenvalue weighted by Crippen LogP contribution is -2.71. The van der Waals surface area contributed by atoms with E-state index >= 15 is 0 Å². The van der Waals surface area contributed by atoms with E-state index in [4.69, 9.17) is 90.0 Å². The van der Waals surface area contributed by atoms with Gasteiger partial charge in [-0.25, -0.2) is 4.79 Å². The maximum atomic E-state index is 13.5. The fourth-order valence-electron chi connectivity index (χ4n) is 17.3. The van der Waals surface area contributed by atoms with Crippen molar-refractivity contribution in [3.8, 4) is 0 Å². The highest BCUT2D eigenvalue weighted by Gasteiger charge is 2.64. The summed E-state index contributed by atoms with van der Waals surface area (Å²) >= 11 is 0. The molecule has 0 bridgehead atoms. The number of ether oxygens (including phenoxy) is 19. The molecule has 10 heterocycles. The van der Waals surface area contributed by atoms with E-state index < -0.39 is 420 Å². The standard InChI is InChI=1S/C75H124N6O53/c1-18-41(97)52(108)54(110)70(118-18)133-64-63(132-67-36(77-20(3)90)48(104)43(99)27(10-83)120-67)45(101)29(12-85)122-73(64)129-59-32(15-88)125-69(39(51(59)107)80-23(6)93)131-62-47(103)33(16-116-66-37(78-21(4)91)49(105)57(30(13-86)123-66)127-71-55(111)53(109)44(100)28(11-84)121-71)126-72(56(62)112)128-58-31(14-87)124-68(38(50(58)106)79-22(5)92)130-60-40(81-24(7)94)65(113)119-34(46(60)102)17-117-75(74(114)115)8-25(95)35(76-19(2)89)61(134-75)42(98)26(96)9-82/h18,25-73,82-88,95-113H,8-17H2,1-7H3,(H,76,89)(H,77,90)(H,78,91)(H,79,92)(H,80,93)(H,81,94)(H,114,115)/t18-,25-,26+,27+,28+,29+,30+,31+,32+,33+,34+,35+,36+,37+,38+,39+,40+,41+,42+,43-,44-,45-,46-,47-,48+,49+,50+,51+,52+,53-,54-,55+,56+,57+,58+,59+,60+,61+,62-,63-,64+,65?,66+,67+,68-,69-,70-,71-,72-,73-,75+/m0/s1. The first-order chi connectivity index (χ1) is 63.1. The van der Waals surface area contributed by atoms with Gasteiger partial charge in [0.25, 0.3) is 5.79 Å². The Bertz CT molecular complexity index is 3800. The molecule has 1 unspecified atom stereocenters. The van der Waals surface area contributed by atoms with Gasteiger partial charge >= 0.3 is 5.97 Å². The number of carboxylic acids is 1. The zero-order valence-electron chi connectivity index (χ0n) is 72.6. The molecule has 51 atom stereocenters. The SMILES string of the molecule is CC(=O)N[C@H]1[C@H](OC[C@H]2O[C@@H](O[C@H]3[C@H](O)[C@@H](NC(C)=O)[C@H](O[C@H]4[C@@H](O)[C@@H](CO[C@]5(C(=O)O)C[C@H](O)[C@@H](NC(C)=O)[C@H]([C@H](O)[C@H](O)CO)O5)OC(O)[C@@H]4NC(C)=O)O[C@@H]3CO)[C@H](O)[C@@H](O[C@@H]3O[C@H](CO)[C@@H](O[C@@H]4O[C@H](CO)[C@H](O)[C@H](O[C@H]5O[C@H](CO)[C@H](O)[C@H](O)[C@H]5NC(C)=O)[C@H]4O[C@@H]4O[C@@H](C)[C@@H](O)[C@@H](O)[C@@H]4O)[C@H](O)[C@H]3NC(C)=O)[C@H]2O)O[C@H](CO)[C@@H](O[C@@H]2O[C@H](CO)[C@H](O)[C@H](O)[C@H]2O)[C@@H]1O. The summed E-state index contributed by atoms with van der Waals surface area (Å²) in [6, 6.07) is -11.7. The van der Waals surface area contributed by atoms with Gasteiger partial charge in [-0.15, -0.1) is 0 Å². The zero-order valence-corrected chi connectivity index (χ0v) is 72.6. The van der Waals surface area contributed by atoms with Gasteiger partial charge in [0.2, 0.25) is 35.4 Å². The number of carboxylic acid groups (broad SMARTS) is 1. The first-order valence-corrected chi connectivity index (χ1v) is 42.6. The Morgan fingerprint density at radius 2 is 0.657 bits per heavy atom. The second-order valence-electron chi connectivity index (χ2n) is 33.9. The minimum atomic E-state index is -3.13. The normalized spacial score (nSPS) is 46.7. The summed E-state index contributed by atoms with van der Waals surface area (Å²) in [4.78, 5) is 90.9. The number of nitrogens with one attached hydrogen (secondary N) is 6.